The molecule has 1 heterocycles. The van der Waals surface area contributed by atoms with E-state index in [0.717, 1.165) is 0 Å². The second-order valence-corrected chi connectivity index (χ2v) is 8.67. The zero-order valence-electron chi connectivity index (χ0n) is 15.0. The summed E-state index contributed by atoms with van der Waals surface area (Å²) >= 11 is 16.9. The molecule has 0 unspecified atom stereocenters. The molecule has 0 aliphatic carbocycles. The van der Waals surface area contributed by atoms with E-state index < -0.39 is 15.9 Å². The first-order valence-electron chi connectivity index (χ1n) is 8.22. The van der Waals surface area contributed by atoms with Crippen molar-refractivity contribution in [3.05, 3.63) is 76.5 Å². The Kier molecular flexibility index (Phi) is 6.83. The number of amides is 1. The van der Waals surface area contributed by atoms with Crippen molar-refractivity contribution >= 4 is 68.1 Å². The lowest BCUT2D eigenvalue weighted by molar-refractivity contribution is 0.0978. The van der Waals surface area contributed by atoms with Gasteiger partial charge in [-0.05, 0) is 60.7 Å². The number of nitrogens with one attached hydrogen (secondary N) is 3. The van der Waals surface area contributed by atoms with E-state index in [2.05, 4.69) is 25.3 Å². The van der Waals surface area contributed by atoms with Crippen molar-refractivity contribution in [3.8, 4) is 0 Å². The fraction of sp³-hybridized carbons (Fsp3) is 0. The van der Waals surface area contributed by atoms with Crippen molar-refractivity contribution < 1.29 is 13.2 Å². The molecule has 0 saturated carbocycles. The molecule has 0 atom stereocenters. The zero-order valence-corrected chi connectivity index (χ0v) is 18.1. The molecule has 12 heteroatoms. The van der Waals surface area contributed by atoms with Gasteiger partial charge in [0.15, 0.2) is 5.11 Å². The van der Waals surface area contributed by atoms with Gasteiger partial charge >= 0.3 is 0 Å². The predicted octanol–water partition coefficient (Wildman–Crippen LogP) is 3.71. The lowest BCUT2D eigenvalue weighted by atomic mass is 10.2. The first kappa shape index (κ1) is 21.9. The molecular weight excluding hydrogens is 469 g/mol. The van der Waals surface area contributed by atoms with Crippen molar-refractivity contribution in [1.82, 2.24) is 15.3 Å². The third-order valence-corrected chi connectivity index (χ3v) is 5.71. The van der Waals surface area contributed by atoms with Crippen LogP contribution in [0.4, 0.5) is 11.6 Å². The summed E-state index contributed by atoms with van der Waals surface area (Å²) in [6, 6.07) is 11.8. The SMILES string of the molecule is O=C(NC(=S)Nc1ccc(S(=O)(=O)Nc2ncccn2)cc1)c1ccc(Cl)cc1Cl. The Labute approximate surface area is 187 Å². The molecule has 0 saturated heterocycles. The van der Waals surface area contributed by atoms with Gasteiger partial charge in [0.25, 0.3) is 15.9 Å². The van der Waals surface area contributed by atoms with Gasteiger partial charge in [-0.2, -0.15) is 0 Å². The number of halogens is 2. The minimum absolute atomic E-state index is 0.00315. The number of benzene rings is 2. The van der Waals surface area contributed by atoms with E-state index in [1.807, 2.05) is 0 Å². The average molecular weight is 482 g/mol. The Hall–Kier alpha value is -2.79. The Morgan fingerprint density at radius 1 is 1.00 bits per heavy atom. The molecule has 0 radical (unpaired) electrons. The smallest absolute Gasteiger partial charge is 0.264 e. The Morgan fingerprint density at radius 3 is 2.30 bits per heavy atom. The summed E-state index contributed by atoms with van der Waals surface area (Å²) in [5.41, 5.74) is 0.679. The number of hydrogen-bond donors (Lipinski definition) is 3. The third-order valence-electron chi connectivity index (χ3n) is 3.62. The highest BCUT2D eigenvalue weighted by atomic mass is 35.5. The maximum Gasteiger partial charge on any atom is 0.264 e. The topological polar surface area (TPSA) is 113 Å². The van der Waals surface area contributed by atoms with Crippen LogP contribution in [0.3, 0.4) is 0 Å². The molecular formula is C18H13Cl2N5O3S2. The molecule has 0 fully saturated rings. The summed E-state index contributed by atoms with van der Waals surface area (Å²) in [7, 11) is -3.85. The second-order valence-electron chi connectivity index (χ2n) is 5.73. The maximum atomic E-state index is 12.4. The van der Waals surface area contributed by atoms with Gasteiger partial charge in [-0.25, -0.2) is 23.1 Å². The van der Waals surface area contributed by atoms with Crippen molar-refractivity contribution in [1.29, 1.82) is 0 Å². The minimum Gasteiger partial charge on any atom is -0.332 e. The molecule has 0 aliphatic heterocycles. The molecule has 2 aromatic carbocycles. The van der Waals surface area contributed by atoms with Crippen LogP contribution < -0.4 is 15.4 Å². The highest BCUT2D eigenvalue weighted by Gasteiger charge is 2.16. The molecule has 0 spiro atoms. The van der Waals surface area contributed by atoms with Crippen LogP contribution in [0, 0.1) is 0 Å². The van der Waals surface area contributed by atoms with E-state index in [9.17, 15) is 13.2 Å². The third kappa shape index (κ3) is 5.63. The highest BCUT2D eigenvalue weighted by molar-refractivity contribution is 7.92. The number of anilines is 2. The van der Waals surface area contributed by atoms with Gasteiger partial charge in [-0.3, -0.25) is 10.1 Å². The lowest BCUT2D eigenvalue weighted by Crippen LogP contribution is -2.34. The number of sulfonamides is 1. The van der Waals surface area contributed by atoms with E-state index in [-0.39, 0.29) is 26.5 Å². The van der Waals surface area contributed by atoms with Gasteiger partial charge < -0.3 is 5.32 Å². The lowest BCUT2D eigenvalue weighted by Gasteiger charge is -2.11. The van der Waals surface area contributed by atoms with Crippen LogP contribution in [0.2, 0.25) is 10.0 Å². The number of thiocarbonyl (C=S) groups is 1. The summed E-state index contributed by atoms with van der Waals surface area (Å²) < 4.78 is 27.0. The first-order chi connectivity index (χ1) is 14.2. The normalized spacial score (nSPS) is 10.9. The van der Waals surface area contributed by atoms with Crippen molar-refractivity contribution in [2.75, 3.05) is 10.0 Å². The summed E-state index contributed by atoms with van der Waals surface area (Å²) in [6.07, 6.45) is 2.84. The van der Waals surface area contributed by atoms with Gasteiger partial charge in [0.05, 0.1) is 15.5 Å². The molecule has 3 N–H and O–H groups in total. The van der Waals surface area contributed by atoms with Gasteiger partial charge in [0.1, 0.15) is 0 Å². The van der Waals surface area contributed by atoms with Crippen LogP contribution in [0.5, 0.6) is 0 Å². The summed E-state index contributed by atoms with van der Waals surface area (Å²) in [6.45, 7) is 0. The van der Waals surface area contributed by atoms with Crippen LogP contribution in [-0.4, -0.2) is 29.4 Å². The number of carbonyl (C=O) groups is 1. The van der Waals surface area contributed by atoms with Crippen molar-refractivity contribution in [2.45, 2.75) is 4.90 Å². The predicted molar refractivity (Wildman–Crippen MR) is 119 cm³/mol. The van der Waals surface area contributed by atoms with E-state index >= 15 is 0 Å². The Morgan fingerprint density at radius 2 is 1.67 bits per heavy atom. The number of aromatic nitrogens is 2. The minimum atomic E-state index is -3.85. The van der Waals surface area contributed by atoms with Gasteiger partial charge in [0, 0.05) is 23.1 Å². The molecule has 1 aromatic heterocycles. The van der Waals surface area contributed by atoms with Crippen LogP contribution in [-0.2, 0) is 10.0 Å². The monoisotopic (exact) mass is 481 g/mol. The van der Waals surface area contributed by atoms with Crippen LogP contribution >= 0.6 is 35.4 Å². The molecule has 1 amide bonds. The molecule has 30 heavy (non-hydrogen) atoms. The van der Waals surface area contributed by atoms with Crippen LogP contribution in [0.1, 0.15) is 10.4 Å². The number of nitrogens with zero attached hydrogens (tertiary/aromatic N) is 2. The molecule has 3 rings (SSSR count). The molecule has 3 aromatic rings. The summed E-state index contributed by atoms with van der Waals surface area (Å²) in [5, 5.41) is 5.88. The zero-order chi connectivity index (χ0) is 21.7. The summed E-state index contributed by atoms with van der Waals surface area (Å²) in [4.78, 5) is 19.9. The van der Waals surface area contributed by atoms with E-state index in [1.54, 1.807) is 6.07 Å². The van der Waals surface area contributed by atoms with Gasteiger partial charge in [-0.15, -0.1) is 0 Å². The highest BCUT2D eigenvalue weighted by Crippen LogP contribution is 2.21. The number of carbonyl (C=O) groups excluding carboxylic acids is 1. The van der Waals surface area contributed by atoms with E-state index in [0.29, 0.717) is 10.7 Å². The van der Waals surface area contributed by atoms with Gasteiger partial charge in [-0.1, -0.05) is 23.2 Å². The molecule has 0 bridgehead atoms. The quantitative estimate of drug-likeness (QED) is 0.475. The summed E-state index contributed by atoms with van der Waals surface area (Å²) in [5.74, 6) is -0.551. The van der Waals surface area contributed by atoms with Crippen molar-refractivity contribution in [3.63, 3.8) is 0 Å². The average Bonchev–Trinajstić information content (AvgIpc) is 2.68. The maximum absolute atomic E-state index is 12.4. The fourth-order valence-electron chi connectivity index (χ4n) is 2.25. The Balaban J connectivity index is 1.63. The Bertz CT molecular complexity index is 1190. The van der Waals surface area contributed by atoms with Crippen molar-refractivity contribution in [2.24, 2.45) is 0 Å². The largest absolute Gasteiger partial charge is 0.332 e. The van der Waals surface area contributed by atoms with E-state index in [4.69, 9.17) is 35.4 Å². The van der Waals surface area contributed by atoms with E-state index in [1.165, 1.54) is 54.9 Å². The fourth-order valence-corrected chi connectivity index (χ4v) is 3.92. The van der Waals surface area contributed by atoms with Crippen LogP contribution in [0.25, 0.3) is 0 Å². The molecule has 8 nitrogen and oxygen atoms in total. The van der Waals surface area contributed by atoms with Gasteiger partial charge in [0.2, 0.25) is 5.95 Å². The number of hydrogen-bond acceptors (Lipinski definition) is 6. The first-order valence-corrected chi connectivity index (χ1v) is 10.9. The second kappa shape index (κ2) is 9.35. The standard InChI is InChI=1S/C18H13Cl2N5O3S2/c19-11-2-7-14(15(20)10-11)16(26)24-18(29)23-12-3-5-13(6-4-12)30(27,28)25-17-21-8-1-9-22-17/h1-10H,(H,21,22,25)(H2,23,24,26,29). The molecule has 0 aliphatic rings. The van der Waals surface area contributed by atoms with Crippen LogP contribution in [0.15, 0.2) is 65.8 Å². The molecule has 154 valence electrons. The number of rotatable bonds is 5.